The van der Waals surface area contributed by atoms with Crippen LogP contribution in [0.4, 0.5) is 0 Å². The van der Waals surface area contributed by atoms with Crippen molar-refractivity contribution in [2.45, 2.75) is 0 Å². The summed E-state index contributed by atoms with van der Waals surface area (Å²) in [7, 11) is 0. The van der Waals surface area contributed by atoms with E-state index in [1.165, 1.54) is 0 Å². The molecule has 0 unspecified atom stereocenters. The van der Waals surface area contributed by atoms with Crippen LogP contribution in [0.1, 0.15) is 5.56 Å². The van der Waals surface area contributed by atoms with Crippen molar-refractivity contribution < 1.29 is 0 Å². The smallest absolute Gasteiger partial charge is 0.145 e. The molecule has 0 aliphatic carbocycles. The maximum Gasteiger partial charge on any atom is 0.145 e. The molecule has 0 radical (unpaired) electrons. The van der Waals surface area contributed by atoms with Gasteiger partial charge in [0.25, 0.3) is 0 Å². The molecular formula is C18H15ClN4. The second kappa shape index (κ2) is 5.89. The lowest BCUT2D eigenvalue weighted by Crippen LogP contribution is -2.22. The van der Waals surface area contributed by atoms with Gasteiger partial charge in [-0.1, -0.05) is 35.9 Å². The minimum absolute atomic E-state index is 0.730. The van der Waals surface area contributed by atoms with Gasteiger partial charge in [-0.05, 0) is 35.9 Å². The number of hydrogen-bond acceptors (Lipinski definition) is 3. The lowest BCUT2D eigenvalue weighted by Gasteiger charge is -2.11. The fourth-order valence-corrected chi connectivity index (χ4v) is 2.82. The molecule has 23 heavy (non-hydrogen) atoms. The van der Waals surface area contributed by atoms with E-state index in [9.17, 15) is 0 Å². The first-order valence-electron chi connectivity index (χ1n) is 7.50. The largest absolute Gasteiger partial charge is 0.367 e. The third-order valence-corrected chi connectivity index (χ3v) is 4.06. The monoisotopic (exact) mass is 322 g/mol. The first-order chi connectivity index (χ1) is 11.3. The summed E-state index contributed by atoms with van der Waals surface area (Å²) in [4.78, 5) is 9.06. The number of aromatic nitrogens is 2. The van der Waals surface area contributed by atoms with E-state index in [0.29, 0.717) is 0 Å². The molecule has 0 saturated heterocycles. The number of rotatable bonds is 3. The highest BCUT2D eigenvalue weighted by atomic mass is 35.5. The van der Waals surface area contributed by atoms with Gasteiger partial charge in [-0.25, -0.2) is 4.98 Å². The molecule has 3 aromatic rings. The third-order valence-electron chi connectivity index (χ3n) is 3.80. The number of amidine groups is 1. The molecule has 0 amide bonds. The van der Waals surface area contributed by atoms with Crippen molar-refractivity contribution >= 4 is 40.2 Å². The normalized spacial score (nSPS) is 14.8. The molecule has 2 aromatic carbocycles. The van der Waals surface area contributed by atoms with E-state index >= 15 is 0 Å². The van der Waals surface area contributed by atoms with Gasteiger partial charge in [0.1, 0.15) is 12.2 Å². The Hall–Kier alpha value is -2.59. The van der Waals surface area contributed by atoms with Gasteiger partial charge in [-0.2, -0.15) is 0 Å². The molecule has 0 spiro atoms. The average molecular weight is 323 g/mol. The molecule has 0 saturated carbocycles. The molecule has 0 atom stereocenters. The van der Waals surface area contributed by atoms with Gasteiger partial charge in [0.05, 0.1) is 23.3 Å². The van der Waals surface area contributed by atoms with E-state index in [0.717, 1.165) is 46.2 Å². The Bertz CT molecular complexity index is 906. The zero-order valence-corrected chi connectivity index (χ0v) is 13.2. The topological polar surface area (TPSA) is 42.2 Å². The Balaban J connectivity index is 1.87. The lowest BCUT2D eigenvalue weighted by atomic mass is 10.2. The second-order valence-electron chi connectivity index (χ2n) is 5.34. The number of fused-ring (bicyclic) bond motifs is 1. The molecule has 2 heterocycles. The quantitative estimate of drug-likeness (QED) is 0.799. The van der Waals surface area contributed by atoms with Crippen molar-refractivity contribution in [3.63, 3.8) is 0 Å². The molecule has 1 aliphatic heterocycles. The zero-order chi connectivity index (χ0) is 15.6. The van der Waals surface area contributed by atoms with Crippen LogP contribution in [-0.4, -0.2) is 28.5 Å². The predicted octanol–water partition coefficient (Wildman–Crippen LogP) is 3.69. The van der Waals surface area contributed by atoms with E-state index < -0.39 is 0 Å². The third kappa shape index (κ3) is 2.73. The van der Waals surface area contributed by atoms with Crippen LogP contribution in [0.3, 0.4) is 0 Å². The van der Waals surface area contributed by atoms with Gasteiger partial charge in [-0.3, -0.25) is 9.56 Å². The molecule has 1 N–H and O–H groups in total. The van der Waals surface area contributed by atoms with Gasteiger partial charge >= 0.3 is 0 Å². The molecule has 5 heteroatoms. The van der Waals surface area contributed by atoms with E-state index in [1.807, 2.05) is 48.8 Å². The number of nitrogens with one attached hydrogen (secondary N) is 1. The highest BCUT2D eigenvalue weighted by molar-refractivity contribution is 6.30. The number of para-hydroxylation sites is 2. The highest BCUT2D eigenvalue weighted by Crippen LogP contribution is 2.21. The van der Waals surface area contributed by atoms with Crippen molar-refractivity contribution in [1.29, 1.82) is 0 Å². The summed E-state index contributed by atoms with van der Waals surface area (Å²) in [6, 6.07) is 15.9. The fraction of sp³-hybridized carbons (Fsp3) is 0.111. The van der Waals surface area contributed by atoms with Crippen molar-refractivity contribution in [3.8, 4) is 0 Å². The summed E-state index contributed by atoms with van der Waals surface area (Å²) in [6.45, 7) is 1.65. The first kappa shape index (κ1) is 14.0. The van der Waals surface area contributed by atoms with Crippen LogP contribution >= 0.6 is 11.6 Å². The molecule has 4 rings (SSSR count). The Kier molecular flexibility index (Phi) is 3.60. The fourth-order valence-electron chi connectivity index (χ4n) is 2.69. The maximum absolute atomic E-state index is 5.98. The Labute approximate surface area is 139 Å². The van der Waals surface area contributed by atoms with Crippen LogP contribution in [-0.2, 0) is 0 Å². The maximum atomic E-state index is 5.98. The van der Waals surface area contributed by atoms with Crippen molar-refractivity contribution in [1.82, 2.24) is 14.9 Å². The molecule has 0 fully saturated rings. The van der Waals surface area contributed by atoms with E-state index in [-0.39, 0.29) is 0 Å². The summed E-state index contributed by atoms with van der Waals surface area (Å²) >= 11 is 5.98. The van der Waals surface area contributed by atoms with Crippen LogP contribution < -0.4 is 5.32 Å². The van der Waals surface area contributed by atoms with Gasteiger partial charge in [0.2, 0.25) is 0 Å². The van der Waals surface area contributed by atoms with Crippen molar-refractivity contribution in [3.05, 3.63) is 65.4 Å². The molecule has 1 aliphatic rings. The zero-order valence-electron chi connectivity index (χ0n) is 12.4. The Morgan fingerprint density at radius 1 is 1.13 bits per heavy atom. The van der Waals surface area contributed by atoms with Crippen molar-refractivity contribution in [2.24, 2.45) is 4.99 Å². The second-order valence-corrected chi connectivity index (χ2v) is 5.78. The van der Waals surface area contributed by atoms with Crippen LogP contribution in [0.2, 0.25) is 5.02 Å². The summed E-state index contributed by atoms with van der Waals surface area (Å²) in [5, 5.41) is 4.08. The minimum atomic E-state index is 0.730. The summed E-state index contributed by atoms with van der Waals surface area (Å²) in [6.07, 6.45) is 3.94. The SMILES string of the molecule is Clc1ccc(/C=C(/C2=NCCN2)n2cnc3ccccc32)cc1. The van der Waals surface area contributed by atoms with Crippen LogP contribution in [0, 0.1) is 0 Å². The minimum Gasteiger partial charge on any atom is -0.367 e. The number of benzene rings is 2. The van der Waals surface area contributed by atoms with Gasteiger partial charge in [0, 0.05) is 11.6 Å². The molecule has 114 valence electrons. The summed E-state index contributed by atoms with van der Waals surface area (Å²) < 4.78 is 2.07. The van der Waals surface area contributed by atoms with E-state index in [4.69, 9.17) is 11.6 Å². The average Bonchev–Trinajstić information content (AvgIpc) is 3.24. The van der Waals surface area contributed by atoms with Crippen LogP contribution in [0.25, 0.3) is 22.8 Å². The molecule has 4 nitrogen and oxygen atoms in total. The number of imidazole rings is 1. The van der Waals surface area contributed by atoms with Crippen LogP contribution in [0.15, 0.2) is 59.9 Å². The number of halogens is 1. The van der Waals surface area contributed by atoms with Crippen molar-refractivity contribution in [2.75, 3.05) is 13.1 Å². The number of aliphatic imine (C=N–C) groups is 1. The highest BCUT2D eigenvalue weighted by Gasteiger charge is 2.15. The number of hydrogen-bond donors (Lipinski definition) is 1. The Morgan fingerprint density at radius 2 is 1.96 bits per heavy atom. The Morgan fingerprint density at radius 3 is 2.74 bits per heavy atom. The summed E-state index contributed by atoms with van der Waals surface area (Å²) in [5.74, 6) is 0.892. The van der Waals surface area contributed by atoms with E-state index in [2.05, 4.69) is 32.0 Å². The molecule has 1 aromatic heterocycles. The summed E-state index contributed by atoms with van der Waals surface area (Å²) in [5.41, 5.74) is 4.08. The molecular weight excluding hydrogens is 308 g/mol. The standard InChI is InChI=1S/C18H15ClN4/c19-14-7-5-13(6-8-14)11-17(18-20-9-10-21-18)23-12-22-15-3-1-2-4-16(15)23/h1-8,11-12H,9-10H2,(H,20,21)/b17-11-. The van der Waals surface area contributed by atoms with Crippen LogP contribution in [0.5, 0.6) is 0 Å². The lowest BCUT2D eigenvalue weighted by molar-refractivity contribution is 0.959. The predicted molar refractivity (Wildman–Crippen MR) is 95.7 cm³/mol. The number of nitrogens with zero attached hydrogens (tertiary/aromatic N) is 3. The van der Waals surface area contributed by atoms with E-state index in [1.54, 1.807) is 0 Å². The molecule has 0 bridgehead atoms. The van der Waals surface area contributed by atoms with Gasteiger partial charge < -0.3 is 5.32 Å². The first-order valence-corrected chi connectivity index (χ1v) is 7.87. The van der Waals surface area contributed by atoms with Gasteiger partial charge in [-0.15, -0.1) is 0 Å². The van der Waals surface area contributed by atoms with Gasteiger partial charge in [0.15, 0.2) is 0 Å².